The van der Waals surface area contributed by atoms with E-state index in [1.807, 2.05) is 37.3 Å². The molecule has 1 fully saturated rings. The number of likely N-dealkylation sites (tertiary alicyclic amines) is 1. The van der Waals surface area contributed by atoms with E-state index >= 15 is 0 Å². The van der Waals surface area contributed by atoms with Gasteiger partial charge in [-0.05, 0) is 58.9 Å². The quantitative estimate of drug-likeness (QED) is 0.191. The first-order valence-electron chi connectivity index (χ1n) is 12.2. The maximum Gasteiger partial charge on any atom is 0.295 e. The fourth-order valence-electron chi connectivity index (χ4n) is 4.51. The Morgan fingerprint density at radius 1 is 1.14 bits per heavy atom. The summed E-state index contributed by atoms with van der Waals surface area (Å²) in [5, 5.41) is 11.4. The van der Waals surface area contributed by atoms with Crippen LogP contribution in [0.25, 0.3) is 5.76 Å². The van der Waals surface area contributed by atoms with Gasteiger partial charge in [0, 0.05) is 24.5 Å². The van der Waals surface area contributed by atoms with Crippen molar-refractivity contribution in [1.82, 2.24) is 9.88 Å². The highest BCUT2D eigenvalue weighted by atomic mass is 16.5. The molecule has 2 aromatic carbocycles. The van der Waals surface area contributed by atoms with Gasteiger partial charge in [-0.15, -0.1) is 0 Å². The average molecular weight is 497 g/mol. The fourth-order valence-corrected chi connectivity index (χ4v) is 4.51. The molecule has 0 spiro atoms. The van der Waals surface area contributed by atoms with Gasteiger partial charge in [0.05, 0.1) is 11.6 Å². The molecule has 37 heavy (non-hydrogen) atoms. The number of benzene rings is 2. The van der Waals surface area contributed by atoms with Gasteiger partial charge in [0.2, 0.25) is 0 Å². The molecule has 0 bridgehead atoms. The van der Waals surface area contributed by atoms with E-state index in [-0.39, 0.29) is 23.3 Å². The molecule has 4 rings (SSSR count). The number of hydrogen-bond acceptors (Lipinski definition) is 5. The predicted octanol–water partition coefficient (Wildman–Crippen LogP) is 5.87. The summed E-state index contributed by atoms with van der Waals surface area (Å²) in [6.07, 6.45) is 4.98. The molecular formula is C31H32N2O4. The van der Waals surface area contributed by atoms with Crippen molar-refractivity contribution in [2.75, 3.05) is 6.61 Å². The lowest BCUT2D eigenvalue weighted by Gasteiger charge is -2.26. The van der Waals surface area contributed by atoms with Crippen molar-refractivity contribution < 1.29 is 19.4 Å². The van der Waals surface area contributed by atoms with Gasteiger partial charge >= 0.3 is 0 Å². The zero-order chi connectivity index (χ0) is 26.7. The minimum atomic E-state index is -0.744. The number of amides is 1. The number of rotatable bonds is 7. The number of hydrogen-bond donors (Lipinski definition) is 1. The molecule has 1 aromatic heterocycles. The van der Waals surface area contributed by atoms with Gasteiger partial charge in [-0.2, -0.15) is 0 Å². The van der Waals surface area contributed by atoms with E-state index in [2.05, 4.69) is 32.3 Å². The third kappa shape index (κ3) is 5.33. The molecule has 1 amide bonds. The Morgan fingerprint density at radius 3 is 2.46 bits per heavy atom. The first-order chi connectivity index (χ1) is 17.6. The summed E-state index contributed by atoms with van der Waals surface area (Å²) >= 11 is 0. The number of nitrogens with zero attached hydrogens (tertiary/aromatic N) is 2. The Kier molecular flexibility index (Phi) is 7.30. The largest absolute Gasteiger partial charge is 0.507 e. The van der Waals surface area contributed by atoms with Crippen LogP contribution >= 0.6 is 0 Å². The van der Waals surface area contributed by atoms with Crippen LogP contribution in [0.2, 0.25) is 0 Å². The van der Waals surface area contributed by atoms with Gasteiger partial charge in [0.1, 0.15) is 18.1 Å². The van der Waals surface area contributed by atoms with Crippen LogP contribution in [-0.2, 0) is 21.5 Å². The topological polar surface area (TPSA) is 79.7 Å². The second-order valence-electron chi connectivity index (χ2n) is 10.2. The summed E-state index contributed by atoms with van der Waals surface area (Å²) < 4.78 is 5.65. The van der Waals surface area contributed by atoms with Crippen molar-refractivity contribution in [3.8, 4) is 5.75 Å². The van der Waals surface area contributed by atoms with Crippen molar-refractivity contribution in [3.63, 3.8) is 0 Å². The van der Waals surface area contributed by atoms with Crippen LogP contribution in [0.1, 0.15) is 54.6 Å². The number of ether oxygens (including phenoxy) is 1. The van der Waals surface area contributed by atoms with Crippen LogP contribution in [-0.4, -0.2) is 33.3 Å². The van der Waals surface area contributed by atoms with Gasteiger partial charge < -0.3 is 14.7 Å². The third-order valence-electron chi connectivity index (χ3n) is 6.51. The molecule has 3 aromatic rings. The molecule has 1 N–H and O–H groups in total. The highest BCUT2D eigenvalue weighted by molar-refractivity contribution is 6.46. The lowest BCUT2D eigenvalue weighted by molar-refractivity contribution is -0.140. The number of pyridine rings is 1. The fraction of sp³-hybridized carbons (Fsp3) is 0.258. The van der Waals surface area contributed by atoms with Gasteiger partial charge in [0.25, 0.3) is 11.7 Å². The Bertz CT molecular complexity index is 1350. The SMILES string of the molecule is C=CCOc1ccc(C(O)=C2C(=O)C(=O)N(Cc3cccnc3)[C@H]2c2ccc(C(C)(C)C)cc2)cc1C. The summed E-state index contributed by atoms with van der Waals surface area (Å²) in [5.41, 5.74) is 3.92. The standard InChI is InChI=1S/C31H32N2O4/c1-6-16-37-25-14-11-23(17-20(25)2)28(34)26-27(22-9-12-24(13-10-22)31(3,4)5)33(30(36)29(26)35)19-21-8-7-15-32-18-21/h6-15,17-18,27,34H,1,16,19H2,2-5H3/t27-/m0/s1. The highest BCUT2D eigenvalue weighted by Gasteiger charge is 2.46. The van der Waals surface area contributed by atoms with E-state index in [0.29, 0.717) is 17.9 Å². The van der Waals surface area contributed by atoms with Crippen LogP contribution in [0.15, 0.2) is 85.2 Å². The van der Waals surface area contributed by atoms with Gasteiger partial charge in [-0.3, -0.25) is 14.6 Å². The molecule has 6 heteroatoms. The van der Waals surface area contributed by atoms with Crippen LogP contribution in [0.4, 0.5) is 0 Å². The molecule has 0 unspecified atom stereocenters. The van der Waals surface area contributed by atoms with Crippen LogP contribution in [0.5, 0.6) is 5.75 Å². The predicted molar refractivity (Wildman–Crippen MR) is 144 cm³/mol. The lowest BCUT2D eigenvalue weighted by Crippen LogP contribution is -2.29. The van der Waals surface area contributed by atoms with Crippen LogP contribution in [0.3, 0.4) is 0 Å². The third-order valence-corrected chi connectivity index (χ3v) is 6.51. The average Bonchev–Trinajstić information content (AvgIpc) is 3.12. The van der Waals surface area contributed by atoms with Crippen molar-refractivity contribution >= 4 is 17.4 Å². The molecule has 1 atom stereocenters. The highest BCUT2D eigenvalue weighted by Crippen LogP contribution is 2.41. The summed E-state index contributed by atoms with van der Waals surface area (Å²) in [6, 6.07) is 16.0. The first kappa shape index (κ1) is 25.9. The number of Topliss-reactive ketones (excluding diaryl/α,β-unsaturated/α-hetero) is 1. The smallest absolute Gasteiger partial charge is 0.295 e. The zero-order valence-electron chi connectivity index (χ0n) is 21.7. The molecule has 1 aliphatic rings. The summed E-state index contributed by atoms with van der Waals surface area (Å²) in [6.45, 7) is 12.4. The van der Waals surface area contributed by atoms with E-state index in [4.69, 9.17) is 4.74 Å². The molecule has 0 radical (unpaired) electrons. The van der Waals surface area contributed by atoms with Crippen molar-refractivity contribution in [1.29, 1.82) is 0 Å². The molecule has 190 valence electrons. The number of carbonyl (C=O) groups is 2. The summed E-state index contributed by atoms with van der Waals surface area (Å²) in [7, 11) is 0. The number of ketones is 1. The number of aliphatic hydroxyl groups is 1. The molecule has 1 aliphatic heterocycles. The number of aliphatic hydroxyl groups excluding tert-OH is 1. The normalized spacial score (nSPS) is 17.2. The summed E-state index contributed by atoms with van der Waals surface area (Å²) in [4.78, 5) is 32.3. The van der Waals surface area contributed by atoms with E-state index < -0.39 is 17.7 Å². The minimum Gasteiger partial charge on any atom is -0.507 e. The van der Waals surface area contributed by atoms with Crippen LogP contribution in [0, 0.1) is 6.92 Å². The number of aryl methyl sites for hydroxylation is 1. The number of carbonyl (C=O) groups excluding carboxylic acids is 2. The number of aromatic nitrogens is 1. The second-order valence-corrected chi connectivity index (χ2v) is 10.2. The Morgan fingerprint density at radius 2 is 1.86 bits per heavy atom. The van der Waals surface area contributed by atoms with E-state index in [1.54, 1.807) is 42.7 Å². The molecular weight excluding hydrogens is 464 g/mol. The van der Waals surface area contributed by atoms with Crippen molar-refractivity contribution in [2.45, 2.75) is 45.7 Å². The van der Waals surface area contributed by atoms with E-state index in [1.165, 1.54) is 4.90 Å². The van der Waals surface area contributed by atoms with Gasteiger partial charge in [0.15, 0.2) is 0 Å². The van der Waals surface area contributed by atoms with Crippen molar-refractivity contribution in [2.24, 2.45) is 0 Å². The summed E-state index contributed by atoms with van der Waals surface area (Å²) in [5.74, 6) is -0.924. The Hall–Kier alpha value is -4.19. The van der Waals surface area contributed by atoms with E-state index in [0.717, 1.165) is 22.3 Å². The monoisotopic (exact) mass is 496 g/mol. The first-order valence-corrected chi connectivity index (χ1v) is 12.2. The molecule has 1 saturated heterocycles. The van der Waals surface area contributed by atoms with Gasteiger partial charge in [-0.1, -0.05) is 63.8 Å². The van der Waals surface area contributed by atoms with Crippen molar-refractivity contribution in [3.05, 3.63) is 113 Å². The zero-order valence-corrected chi connectivity index (χ0v) is 21.7. The minimum absolute atomic E-state index is 0.0526. The second kappa shape index (κ2) is 10.4. The molecule has 0 aliphatic carbocycles. The molecule has 2 heterocycles. The molecule has 0 saturated carbocycles. The maximum atomic E-state index is 13.4. The molecule has 6 nitrogen and oxygen atoms in total. The maximum absolute atomic E-state index is 13.4. The Balaban J connectivity index is 1.83. The van der Waals surface area contributed by atoms with Gasteiger partial charge in [-0.25, -0.2) is 0 Å². The lowest BCUT2D eigenvalue weighted by atomic mass is 9.85. The van der Waals surface area contributed by atoms with Crippen LogP contribution < -0.4 is 4.74 Å². The Labute approximate surface area is 217 Å². The van der Waals surface area contributed by atoms with E-state index in [9.17, 15) is 14.7 Å².